The van der Waals surface area contributed by atoms with E-state index in [-0.39, 0.29) is 21.4 Å². The van der Waals surface area contributed by atoms with Gasteiger partial charge < -0.3 is 5.32 Å². The number of thiazole rings is 1. The molecule has 24 heavy (non-hydrogen) atoms. The molecule has 6 nitrogen and oxygen atoms in total. The number of halogens is 3. The van der Waals surface area contributed by atoms with Crippen LogP contribution in [0.1, 0.15) is 20.9 Å². The zero-order valence-electron chi connectivity index (χ0n) is 12.4. The van der Waals surface area contributed by atoms with Crippen LogP contribution in [-0.4, -0.2) is 25.6 Å². The first kappa shape index (κ1) is 18.2. The number of carbonyl (C=O) groups is 1. The zero-order valence-corrected chi connectivity index (χ0v) is 14.1. The lowest BCUT2D eigenvalue weighted by Gasteiger charge is -2.09. The number of carbonyl (C=O) groups excluding carboxylic acids is 1. The third-order valence-corrected chi connectivity index (χ3v) is 4.49. The second-order valence-electron chi connectivity index (χ2n) is 4.84. The summed E-state index contributed by atoms with van der Waals surface area (Å²) < 4.78 is 62.5. The standard InChI is InChI=1S/C13H12F3N3O3S2/c1-7-10(23-12(17-7)19-24(2,21)22)11(20)18-9-5-3-4-8(6-9)13(14,15)16/h3-6H,1-2H3,(H,17,19)(H,18,20). The molecule has 0 atom stereocenters. The van der Waals surface area contributed by atoms with E-state index < -0.39 is 27.7 Å². The summed E-state index contributed by atoms with van der Waals surface area (Å²) in [6.07, 6.45) is -3.58. The number of rotatable bonds is 4. The molecule has 2 N–H and O–H groups in total. The Morgan fingerprint density at radius 3 is 2.54 bits per heavy atom. The first-order valence-electron chi connectivity index (χ1n) is 6.39. The monoisotopic (exact) mass is 379 g/mol. The van der Waals surface area contributed by atoms with Crippen molar-refractivity contribution < 1.29 is 26.4 Å². The number of nitrogens with zero attached hydrogens (tertiary/aromatic N) is 1. The normalized spacial score (nSPS) is 12.0. The first-order valence-corrected chi connectivity index (χ1v) is 9.10. The second kappa shape index (κ2) is 6.40. The molecule has 0 fully saturated rings. The van der Waals surface area contributed by atoms with Gasteiger partial charge in [0, 0.05) is 5.69 Å². The molecule has 2 rings (SSSR count). The van der Waals surface area contributed by atoms with Crippen molar-refractivity contribution in [2.24, 2.45) is 0 Å². The summed E-state index contributed by atoms with van der Waals surface area (Å²) >= 11 is 0.788. The maximum Gasteiger partial charge on any atom is 0.416 e. The molecule has 1 aromatic carbocycles. The molecule has 2 aromatic rings. The molecule has 0 saturated heterocycles. The van der Waals surface area contributed by atoms with Gasteiger partial charge in [0.15, 0.2) is 5.13 Å². The minimum atomic E-state index is -4.52. The second-order valence-corrected chi connectivity index (χ2v) is 7.59. The lowest BCUT2D eigenvalue weighted by Crippen LogP contribution is -2.13. The molecule has 0 aliphatic heterocycles. The van der Waals surface area contributed by atoms with E-state index in [4.69, 9.17) is 0 Å². The van der Waals surface area contributed by atoms with Crippen molar-refractivity contribution in [3.8, 4) is 0 Å². The van der Waals surface area contributed by atoms with Crippen molar-refractivity contribution in [2.75, 3.05) is 16.3 Å². The van der Waals surface area contributed by atoms with Gasteiger partial charge in [0.2, 0.25) is 10.0 Å². The number of aromatic nitrogens is 1. The van der Waals surface area contributed by atoms with Gasteiger partial charge in [-0.2, -0.15) is 13.2 Å². The molecule has 0 radical (unpaired) electrons. The van der Waals surface area contributed by atoms with Gasteiger partial charge in [-0.25, -0.2) is 13.4 Å². The fraction of sp³-hybridized carbons (Fsp3) is 0.231. The van der Waals surface area contributed by atoms with Crippen LogP contribution in [0.2, 0.25) is 0 Å². The SMILES string of the molecule is Cc1nc(NS(C)(=O)=O)sc1C(=O)Nc1cccc(C(F)(F)F)c1. The zero-order chi connectivity index (χ0) is 18.1. The number of amides is 1. The molecule has 11 heteroatoms. The van der Waals surface area contributed by atoms with Gasteiger partial charge in [-0.1, -0.05) is 17.4 Å². The molecule has 130 valence electrons. The smallest absolute Gasteiger partial charge is 0.321 e. The Bertz CT molecular complexity index is 876. The van der Waals surface area contributed by atoms with E-state index in [9.17, 15) is 26.4 Å². The van der Waals surface area contributed by atoms with Gasteiger partial charge in [-0.15, -0.1) is 0 Å². The maximum atomic E-state index is 12.7. The summed E-state index contributed by atoms with van der Waals surface area (Å²) in [5.41, 5.74) is -0.656. The van der Waals surface area contributed by atoms with E-state index in [0.717, 1.165) is 29.7 Å². The molecule has 0 unspecified atom stereocenters. The van der Waals surface area contributed by atoms with Gasteiger partial charge in [0.1, 0.15) is 4.88 Å². The van der Waals surface area contributed by atoms with Crippen molar-refractivity contribution in [3.05, 3.63) is 40.4 Å². The van der Waals surface area contributed by atoms with Crippen LogP contribution in [0.3, 0.4) is 0 Å². The van der Waals surface area contributed by atoms with E-state index in [2.05, 4.69) is 15.0 Å². The highest BCUT2D eigenvalue weighted by Crippen LogP contribution is 2.31. The average molecular weight is 379 g/mol. The number of alkyl halides is 3. The molecule has 1 heterocycles. The van der Waals surface area contributed by atoms with Gasteiger partial charge in [-0.05, 0) is 25.1 Å². The number of aryl methyl sites for hydroxylation is 1. The average Bonchev–Trinajstić information content (AvgIpc) is 2.76. The van der Waals surface area contributed by atoms with Crippen molar-refractivity contribution in [3.63, 3.8) is 0 Å². The Hall–Kier alpha value is -2.14. The maximum absolute atomic E-state index is 12.7. The number of sulfonamides is 1. The topological polar surface area (TPSA) is 88.2 Å². The van der Waals surface area contributed by atoms with E-state index in [1.165, 1.54) is 19.1 Å². The summed E-state index contributed by atoms with van der Waals surface area (Å²) in [4.78, 5) is 16.2. The van der Waals surface area contributed by atoms with Crippen molar-refractivity contribution in [1.82, 2.24) is 4.98 Å². The molecule has 1 aromatic heterocycles. The third kappa shape index (κ3) is 4.68. The van der Waals surface area contributed by atoms with Gasteiger partial charge in [0.05, 0.1) is 17.5 Å². The molecule has 0 aliphatic carbocycles. The predicted octanol–water partition coefficient (Wildman–Crippen LogP) is 3.09. The number of hydrogen-bond donors (Lipinski definition) is 2. The van der Waals surface area contributed by atoms with Crippen molar-refractivity contribution in [2.45, 2.75) is 13.1 Å². The molecule has 0 saturated carbocycles. The predicted molar refractivity (Wildman–Crippen MR) is 84.7 cm³/mol. The van der Waals surface area contributed by atoms with Crippen LogP contribution in [0, 0.1) is 6.92 Å². The molecule has 0 aliphatic rings. The summed E-state index contributed by atoms with van der Waals surface area (Å²) in [5.74, 6) is -0.675. The van der Waals surface area contributed by atoms with E-state index in [0.29, 0.717) is 0 Å². The molecular formula is C13H12F3N3O3S2. The van der Waals surface area contributed by atoms with Gasteiger partial charge in [0.25, 0.3) is 5.91 Å². The van der Waals surface area contributed by atoms with Crippen LogP contribution in [0.25, 0.3) is 0 Å². The van der Waals surface area contributed by atoms with E-state index >= 15 is 0 Å². The Kier molecular flexibility index (Phi) is 4.85. The molecule has 0 spiro atoms. The number of hydrogen-bond acceptors (Lipinski definition) is 5. The summed E-state index contributed by atoms with van der Waals surface area (Å²) in [5, 5.41) is 2.35. The Morgan fingerprint density at radius 1 is 1.29 bits per heavy atom. The molecular weight excluding hydrogens is 367 g/mol. The Morgan fingerprint density at radius 2 is 1.96 bits per heavy atom. The Labute approximate surface area is 139 Å². The summed E-state index contributed by atoms with van der Waals surface area (Å²) in [6.45, 7) is 1.49. The van der Waals surface area contributed by atoms with Gasteiger partial charge >= 0.3 is 6.18 Å². The number of nitrogens with one attached hydrogen (secondary N) is 2. The molecule has 0 bridgehead atoms. The first-order chi connectivity index (χ1) is 11.0. The fourth-order valence-corrected chi connectivity index (χ4v) is 3.47. The van der Waals surface area contributed by atoms with E-state index in [1.54, 1.807) is 0 Å². The fourth-order valence-electron chi connectivity index (χ4n) is 1.77. The van der Waals surface area contributed by atoms with Crippen molar-refractivity contribution in [1.29, 1.82) is 0 Å². The quantitative estimate of drug-likeness (QED) is 0.854. The van der Waals surface area contributed by atoms with Crippen molar-refractivity contribution >= 4 is 38.1 Å². The number of anilines is 2. The van der Waals surface area contributed by atoms with Crippen LogP contribution in [0.15, 0.2) is 24.3 Å². The minimum absolute atomic E-state index is 0.00388. The van der Waals surface area contributed by atoms with Crippen LogP contribution in [-0.2, 0) is 16.2 Å². The summed E-state index contributed by atoms with van der Waals surface area (Å²) in [7, 11) is -3.55. The highest BCUT2D eigenvalue weighted by Gasteiger charge is 2.30. The number of benzene rings is 1. The Balaban J connectivity index is 2.22. The van der Waals surface area contributed by atoms with Crippen LogP contribution >= 0.6 is 11.3 Å². The lowest BCUT2D eigenvalue weighted by molar-refractivity contribution is -0.137. The lowest BCUT2D eigenvalue weighted by atomic mass is 10.2. The highest BCUT2D eigenvalue weighted by atomic mass is 32.2. The highest BCUT2D eigenvalue weighted by molar-refractivity contribution is 7.92. The van der Waals surface area contributed by atoms with E-state index in [1.807, 2.05) is 0 Å². The molecule has 1 amide bonds. The minimum Gasteiger partial charge on any atom is -0.321 e. The van der Waals surface area contributed by atoms with Crippen LogP contribution < -0.4 is 10.0 Å². The van der Waals surface area contributed by atoms with Gasteiger partial charge in [-0.3, -0.25) is 9.52 Å². The van der Waals surface area contributed by atoms with Crippen LogP contribution in [0.4, 0.5) is 24.0 Å². The van der Waals surface area contributed by atoms with Crippen LogP contribution in [0.5, 0.6) is 0 Å². The summed E-state index contributed by atoms with van der Waals surface area (Å²) in [6, 6.07) is 4.19. The third-order valence-electron chi connectivity index (χ3n) is 2.72. The largest absolute Gasteiger partial charge is 0.416 e.